The number of anilines is 2. The Bertz CT molecular complexity index is 987. The van der Waals surface area contributed by atoms with E-state index >= 15 is 0 Å². The van der Waals surface area contributed by atoms with E-state index in [1.54, 1.807) is 0 Å². The Morgan fingerprint density at radius 3 is 1.85 bits per heavy atom. The van der Waals surface area contributed by atoms with E-state index in [9.17, 15) is 0 Å². The lowest BCUT2D eigenvalue weighted by Crippen LogP contribution is -2.46. The van der Waals surface area contributed by atoms with Crippen molar-refractivity contribution in [3.05, 3.63) is 82.4 Å². The first-order chi connectivity index (χ1) is 15.9. The molecule has 0 aliphatic carbocycles. The summed E-state index contributed by atoms with van der Waals surface area (Å²) in [5.74, 6) is 0. The third kappa shape index (κ3) is 7.27. The molecule has 1 saturated heterocycles. The Kier molecular flexibility index (Phi) is 10.8. The average Bonchev–Trinajstić information content (AvgIpc) is 2.83. The van der Waals surface area contributed by atoms with Gasteiger partial charge in [-0.25, -0.2) is 0 Å². The fourth-order valence-corrected chi connectivity index (χ4v) is 4.20. The lowest BCUT2D eigenvalue weighted by atomic mass is 9.99. The maximum absolute atomic E-state index is 6.21. The van der Waals surface area contributed by atoms with Crippen molar-refractivity contribution in [1.29, 1.82) is 0 Å². The summed E-state index contributed by atoms with van der Waals surface area (Å²) in [5, 5.41) is 0.811. The summed E-state index contributed by atoms with van der Waals surface area (Å²) in [7, 11) is 0. The van der Waals surface area contributed by atoms with Crippen LogP contribution in [0.5, 0.6) is 0 Å². The molecule has 0 amide bonds. The first-order valence-electron chi connectivity index (χ1n) is 12.4. The lowest BCUT2D eigenvalue weighted by molar-refractivity contribution is 0.652. The van der Waals surface area contributed by atoms with Crippen molar-refractivity contribution in [2.45, 2.75) is 54.9 Å². The van der Waals surface area contributed by atoms with E-state index in [-0.39, 0.29) is 0 Å². The van der Waals surface area contributed by atoms with Crippen molar-refractivity contribution in [3.63, 3.8) is 0 Å². The van der Waals surface area contributed by atoms with Gasteiger partial charge in [-0.3, -0.25) is 0 Å². The second kappa shape index (κ2) is 13.3. The van der Waals surface area contributed by atoms with E-state index in [1.165, 1.54) is 45.6 Å². The molecule has 0 spiro atoms. The quantitative estimate of drug-likeness (QED) is 0.382. The fourth-order valence-electron chi connectivity index (χ4n) is 4.03. The van der Waals surface area contributed by atoms with Crippen LogP contribution in [0.1, 0.15) is 50.8 Å². The largest absolute Gasteiger partial charge is 0.368 e. The molecule has 1 aliphatic heterocycles. The first-order valence-corrected chi connectivity index (χ1v) is 12.7. The van der Waals surface area contributed by atoms with Gasteiger partial charge in [0.2, 0.25) is 0 Å². The zero-order chi connectivity index (χ0) is 24.4. The molecular formula is C30H41ClN2. The number of halogens is 1. The maximum Gasteiger partial charge on any atom is 0.0426 e. The van der Waals surface area contributed by atoms with Gasteiger partial charge in [0.25, 0.3) is 0 Å². The van der Waals surface area contributed by atoms with Crippen LogP contribution in [0.15, 0.2) is 60.7 Å². The molecule has 0 aromatic heterocycles. The molecule has 0 bridgehead atoms. The predicted octanol–water partition coefficient (Wildman–Crippen LogP) is 8.70. The van der Waals surface area contributed by atoms with Crippen LogP contribution in [0.25, 0.3) is 11.1 Å². The molecule has 1 fully saturated rings. The van der Waals surface area contributed by atoms with Crippen molar-refractivity contribution in [2.24, 2.45) is 0 Å². The van der Waals surface area contributed by atoms with Gasteiger partial charge in [-0.15, -0.1) is 0 Å². The zero-order valence-electron chi connectivity index (χ0n) is 21.6. The zero-order valence-corrected chi connectivity index (χ0v) is 22.3. The molecule has 3 heteroatoms. The Balaban J connectivity index is 0.000000714. The van der Waals surface area contributed by atoms with Gasteiger partial charge in [-0.1, -0.05) is 87.7 Å². The number of benzene rings is 3. The van der Waals surface area contributed by atoms with E-state index < -0.39 is 0 Å². The minimum absolute atomic E-state index is 0.811. The Morgan fingerprint density at radius 1 is 0.697 bits per heavy atom. The van der Waals surface area contributed by atoms with E-state index in [0.29, 0.717) is 0 Å². The summed E-state index contributed by atoms with van der Waals surface area (Å²) in [5.41, 5.74) is 9.10. The third-order valence-electron chi connectivity index (χ3n) is 5.73. The van der Waals surface area contributed by atoms with Gasteiger partial charge in [0, 0.05) is 42.6 Å². The van der Waals surface area contributed by atoms with Gasteiger partial charge >= 0.3 is 0 Å². The van der Waals surface area contributed by atoms with Crippen LogP contribution in [0.4, 0.5) is 11.4 Å². The summed E-state index contributed by atoms with van der Waals surface area (Å²) in [6, 6.07) is 21.8. The summed E-state index contributed by atoms with van der Waals surface area (Å²) in [4.78, 5) is 4.94. The topological polar surface area (TPSA) is 6.48 Å². The third-order valence-corrected chi connectivity index (χ3v) is 5.96. The minimum Gasteiger partial charge on any atom is -0.368 e. The molecule has 0 radical (unpaired) electrons. The van der Waals surface area contributed by atoms with Gasteiger partial charge in [0.15, 0.2) is 0 Å². The second-order valence-electron chi connectivity index (χ2n) is 8.48. The highest BCUT2D eigenvalue weighted by atomic mass is 35.5. The van der Waals surface area contributed by atoms with Crippen molar-refractivity contribution in [1.82, 2.24) is 0 Å². The summed E-state index contributed by atoms with van der Waals surface area (Å²) >= 11 is 6.21. The highest BCUT2D eigenvalue weighted by Gasteiger charge is 2.19. The fraction of sp³-hybridized carbons (Fsp3) is 0.400. The van der Waals surface area contributed by atoms with E-state index in [1.807, 2.05) is 19.9 Å². The molecule has 0 N–H and O–H groups in total. The van der Waals surface area contributed by atoms with Crippen LogP contribution < -0.4 is 9.80 Å². The molecule has 3 aromatic carbocycles. The van der Waals surface area contributed by atoms with Gasteiger partial charge in [-0.2, -0.15) is 0 Å². The predicted molar refractivity (Wildman–Crippen MR) is 149 cm³/mol. The maximum atomic E-state index is 6.21. The van der Waals surface area contributed by atoms with Gasteiger partial charge in [-0.05, 0) is 67.3 Å². The molecule has 1 heterocycles. The number of nitrogens with zero attached hydrogens (tertiary/aromatic N) is 2. The van der Waals surface area contributed by atoms with Crippen LogP contribution in [0.2, 0.25) is 5.02 Å². The molecular weight excluding hydrogens is 424 g/mol. The van der Waals surface area contributed by atoms with Crippen molar-refractivity contribution < 1.29 is 0 Å². The van der Waals surface area contributed by atoms with E-state index in [2.05, 4.69) is 99.0 Å². The monoisotopic (exact) mass is 464 g/mol. The van der Waals surface area contributed by atoms with Crippen LogP contribution in [0, 0.1) is 20.8 Å². The Morgan fingerprint density at radius 2 is 1.27 bits per heavy atom. The summed E-state index contributed by atoms with van der Waals surface area (Å²) < 4.78 is 0. The van der Waals surface area contributed by atoms with Gasteiger partial charge in [0.05, 0.1) is 0 Å². The standard InChI is InChI=1S/C25H27ClN2.C3H8.C2H6/c1-18-4-7-21(8-5-18)24-11-10-23(16-20(24)3)27-12-14-28(15-13-27)25-17-22(26)9-6-19(25)2;1-3-2;1-2/h4-11,16-17H,12-15H2,1-3H3;3H2,1-2H3;1-2H3. The summed E-state index contributed by atoms with van der Waals surface area (Å²) in [6.07, 6.45) is 1.25. The molecule has 178 valence electrons. The van der Waals surface area contributed by atoms with Crippen LogP contribution in [-0.4, -0.2) is 26.2 Å². The molecule has 2 nitrogen and oxygen atoms in total. The van der Waals surface area contributed by atoms with Crippen LogP contribution in [-0.2, 0) is 0 Å². The van der Waals surface area contributed by atoms with E-state index in [0.717, 1.165) is 31.2 Å². The highest BCUT2D eigenvalue weighted by Crippen LogP contribution is 2.30. The molecule has 1 aliphatic rings. The van der Waals surface area contributed by atoms with Gasteiger partial charge < -0.3 is 9.80 Å². The number of aryl methyl sites for hydroxylation is 3. The van der Waals surface area contributed by atoms with E-state index in [4.69, 9.17) is 11.6 Å². The summed E-state index contributed by atoms with van der Waals surface area (Å²) in [6.45, 7) is 18.8. The normalized spacial score (nSPS) is 13.0. The number of piperazine rings is 1. The van der Waals surface area contributed by atoms with Crippen molar-refractivity contribution in [2.75, 3.05) is 36.0 Å². The first kappa shape index (κ1) is 26.8. The van der Waals surface area contributed by atoms with Gasteiger partial charge in [0.1, 0.15) is 0 Å². The second-order valence-corrected chi connectivity index (χ2v) is 8.91. The average molecular weight is 465 g/mol. The number of hydrogen-bond acceptors (Lipinski definition) is 2. The molecule has 3 aromatic rings. The van der Waals surface area contributed by atoms with Crippen LogP contribution >= 0.6 is 11.6 Å². The van der Waals surface area contributed by atoms with Crippen molar-refractivity contribution in [3.8, 4) is 11.1 Å². The number of hydrogen-bond donors (Lipinski definition) is 0. The molecule has 0 unspecified atom stereocenters. The van der Waals surface area contributed by atoms with Crippen LogP contribution in [0.3, 0.4) is 0 Å². The molecule has 4 rings (SSSR count). The Labute approximate surface area is 207 Å². The molecule has 33 heavy (non-hydrogen) atoms. The smallest absolute Gasteiger partial charge is 0.0426 e. The SMILES string of the molecule is CC.CCC.Cc1ccc(-c2ccc(N3CCN(c4cc(Cl)ccc4C)CC3)cc2C)cc1. The Hall–Kier alpha value is -2.45. The van der Waals surface area contributed by atoms with Crippen molar-refractivity contribution >= 4 is 23.0 Å². The number of rotatable bonds is 3. The lowest BCUT2D eigenvalue weighted by Gasteiger charge is -2.38. The molecule has 0 atom stereocenters. The highest BCUT2D eigenvalue weighted by molar-refractivity contribution is 6.30. The minimum atomic E-state index is 0.811. The molecule has 0 saturated carbocycles.